The third-order valence-corrected chi connectivity index (χ3v) is 7.38. The second kappa shape index (κ2) is 9.16. The highest BCUT2D eigenvalue weighted by molar-refractivity contribution is 6.00. The van der Waals surface area contributed by atoms with Crippen molar-refractivity contribution in [3.8, 4) is 11.5 Å². The Bertz CT molecular complexity index is 1170. The van der Waals surface area contributed by atoms with E-state index in [-0.39, 0.29) is 17.9 Å². The standard InChI is InChI=1S/C28H33N3O3/c1-20-9-7-10-21(17-20)18-31-26(32)24-15-14-23(25-13-8-16-34-25)30(24)19-28(31,2)27(33)29-22-11-5-3-4-6-12-22/h7-10,13-17,22H,3-6,11-12,18-19H2,1-2H3,(H,29,33)/t28-/m0/s1. The summed E-state index contributed by atoms with van der Waals surface area (Å²) in [6.07, 6.45) is 8.35. The lowest BCUT2D eigenvalue weighted by Gasteiger charge is -2.45. The van der Waals surface area contributed by atoms with Gasteiger partial charge in [0.2, 0.25) is 5.91 Å². The van der Waals surface area contributed by atoms with E-state index in [0.29, 0.717) is 24.5 Å². The van der Waals surface area contributed by atoms with Crippen LogP contribution in [0.15, 0.2) is 59.2 Å². The average Bonchev–Trinajstić information content (AvgIpc) is 3.41. The Kier molecular flexibility index (Phi) is 6.07. The molecule has 2 amide bonds. The minimum absolute atomic E-state index is 0.0786. The fraction of sp³-hybridized carbons (Fsp3) is 0.429. The van der Waals surface area contributed by atoms with Crippen molar-refractivity contribution in [2.24, 2.45) is 0 Å². The molecule has 0 spiro atoms. The molecule has 178 valence electrons. The molecule has 1 aromatic carbocycles. The van der Waals surface area contributed by atoms with Crippen molar-refractivity contribution in [3.63, 3.8) is 0 Å². The number of amides is 2. The summed E-state index contributed by atoms with van der Waals surface area (Å²) in [5, 5.41) is 3.32. The SMILES string of the molecule is Cc1cccc(CN2C(=O)c3ccc(-c4ccco4)n3C[C@@]2(C)C(=O)NC2CCCCCC2)c1. The van der Waals surface area contributed by atoms with Gasteiger partial charge in [-0.1, -0.05) is 55.5 Å². The summed E-state index contributed by atoms with van der Waals surface area (Å²) < 4.78 is 7.58. The van der Waals surface area contributed by atoms with Crippen LogP contribution in [0.25, 0.3) is 11.5 Å². The van der Waals surface area contributed by atoms with Crippen LogP contribution in [0.1, 0.15) is 67.1 Å². The summed E-state index contributed by atoms with van der Waals surface area (Å²) in [6, 6.07) is 15.8. The lowest BCUT2D eigenvalue weighted by molar-refractivity contribution is -0.134. The van der Waals surface area contributed by atoms with Crippen LogP contribution in [0.5, 0.6) is 0 Å². The molecule has 5 rings (SSSR count). The summed E-state index contributed by atoms with van der Waals surface area (Å²) in [5.74, 6) is 0.479. The Labute approximate surface area is 200 Å². The maximum absolute atomic E-state index is 13.9. The maximum Gasteiger partial charge on any atom is 0.271 e. The number of aryl methyl sites for hydroxylation is 1. The highest BCUT2D eigenvalue weighted by Crippen LogP contribution is 2.34. The van der Waals surface area contributed by atoms with Crippen molar-refractivity contribution in [1.82, 2.24) is 14.8 Å². The van der Waals surface area contributed by atoms with Crippen molar-refractivity contribution >= 4 is 11.8 Å². The van der Waals surface area contributed by atoms with Gasteiger partial charge in [0, 0.05) is 12.6 Å². The van der Waals surface area contributed by atoms with Crippen LogP contribution in [-0.4, -0.2) is 32.9 Å². The predicted octanol–water partition coefficient (Wildman–Crippen LogP) is 5.31. The number of hydrogen-bond acceptors (Lipinski definition) is 3. The zero-order valence-corrected chi connectivity index (χ0v) is 20.0. The van der Waals surface area contributed by atoms with E-state index in [2.05, 4.69) is 11.4 Å². The first-order valence-electron chi connectivity index (χ1n) is 12.4. The number of nitrogens with one attached hydrogen (secondary N) is 1. The minimum atomic E-state index is -1.03. The molecule has 3 heterocycles. The molecule has 0 unspecified atom stereocenters. The van der Waals surface area contributed by atoms with Crippen molar-refractivity contribution in [2.45, 2.75) is 77.0 Å². The normalized spacial score (nSPS) is 21.2. The third kappa shape index (κ3) is 4.17. The van der Waals surface area contributed by atoms with E-state index in [1.807, 2.05) is 60.9 Å². The lowest BCUT2D eigenvalue weighted by Crippen LogP contribution is -2.64. The van der Waals surface area contributed by atoms with E-state index >= 15 is 0 Å². The number of rotatable bonds is 5. The quantitative estimate of drug-likeness (QED) is 0.526. The molecule has 1 fully saturated rings. The fourth-order valence-corrected chi connectivity index (χ4v) is 5.42. The molecule has 0 radical (unpaired) electrons. The molecule has 0 bridgehead atoms. The molecule has 6 heteroatoms. The molecule has 1 N–H and O–H groups in total. The fourth-order valence-electron chi connectivity index (χ4n) is 5.42. The molecular formula is C28H33N3O3. The number of hydrogen-bond donors (Lipinski definition) is 1. The number of carbonyl (C=O) groups is 2. The van der Waals surface area contributed by atoms with Crippen molar-refractivity contribution in [2.75, 3.05) is 0 Å². The van der Waals surface area contributed by atoms with Crippen LogP contribution in [0.3, 0.4) is 0 Å². The van der Waals surface area contributed by atoms with Gasteiger partial charge in [0.15, 0.2) is 0 Å². The van der Waals surface area contributed by atoms with Crippen LogP contribution < -0.4 is 5.32 Å². The van der Waals surface area contributed by atoms with Gasteiger partial charge in [-0.25, -0.2) is 0 Å². The van der Waals surface area contributed by atoms with Gasteiger partial charge in [-0.2, -0.15) is 0 Å². The first-order valence-corrected chi connectivity index (χ1v) is 12.4. The van der Waals surface area contributed by atoms with E-state index < -0.39 is 5.54 Å². The molecule has 0 saturated heterocycles. The molecule has 1 aliphatic carbocycles. The smallest absolute Gasteiger partial charge is 0.271 e. The minimum Gasteiger partial charge on any atom is -0.463 e. The Hall–Kier alpha value is -3.28. The summed E-state index contributed by atoms with van der Waals surface area (Å²) in [6.45, 7) is 4.71. The summed E-state index contributed by atoms with van der Waals surface area (Å²) in [4.78, 5) is 29.5. The summed E-state index contributed by atoms with van der Waals surface area (Å²) >= 11 is 0. The average molecular weight is 460 g/mol. The first-order chi connectivity index (χ1) is 16.5. The number of nitrogens with zero attached hydrogens (tertiary/aromatic N) is 2. The van der Waals surface area contributed by atoms with E-state index in [9.17, 15) is 9.59 Å². The number of benzene rings is 1. The second-order valence-corrected chi connectivity index (χ2v) is 9.98. The zero-order valence-electron chi connectivity index (χ0n) is 20.0. The lowest BCUT2D eigenvalue weighted by atomic mass is 9.92. The van der Waals surface area contributed by atoms with Crippen LogP contribution in [-0.2, 0) is 17.9 Å². The maximum atomic E-state index is 13.9. The van der Waals surface area contributed by atoms with Gasteiger partial charge < -0.3 is 19.2 Å². The molecular weight excluding hydrogens is 426 g/mol. The van der Waals surface area contributed by atoms with E-state index in [0.717, 1.165) is 42.5 Å². The van der Waals surface area contributed by atoms with Crippen molar-refractivity contribution < 1.29 is 14.0 Å². The van der Waals surface area contributed by atoms with Crippen LogP contribution >= 0.6 is 0 Å². The molecule has 3 aromatic rings. The number of furan rings is 1. The Balaban J connectivity index is 1.52. The third-order valence-electron chi connectivity index (χ3n) is 7.38. The molecule has 2 aliphatic rings. The molecule has 1 aliphatic heterocycles. The van der Waals surface area contributed by atoms with Crippen molar-refractivity contribution in [1.29, 1.82) is 0 Å². The van der Waals surface area contributed by atoms with Gasteiger partial charge in [-0.15, -0.1) is 0 Å². The molecule has 1 atom stereocenters. The van der Waals surface area contributed by atoms with Crippen LogP contribution in [0.4, 0.5) is 0 Å². The van der Waals surface area contributed by atoms with E-state index in [1.54, 1.807) is 11.2 Å². The van der Waals surface area contributed by atoms with Gasteiger partial charge in [0.1, 0.15) is 17.0 Å². The van der Waals surface area contributed by atoms with Crippen LogP contribution in [0, 0.1) is 6.92 Å². The number of fused-ring (bicyclic) bond motifs is 1. The Morgan fingerprint density at radius 3 is 2.53 bits per heavy atom. The molecule has 6 nitrogen and oxygen atoms in total. The highest BCUT2D eigenvalue weighted by atomic mass is 16.3. The molecule has 1 saturated carbocycles. The second-order valence-electron chi connectivity index (χ2n) is 9.98. The first kappa shape index (κ1) is 22.5. The van der Waals surface area contributed by atoms with Gasteiger partial charge in [0.25, 0.3) is 5.91 Å². The zero-order chi connectivity index (χ0) is 23.7. The Morgan fingerprint density at radius 2 is 1.82 bits per heavy atom. The van der Waals surface area contributed by atoms with Gasteiger partial charge in [0.05, 0.1) is 18.5 Å². The van der Waals surface area contributed by atoms with Gasteiger partial charge >= 0.3 is 0 Å². The largest absolute Gasteiger partial charge is 0.463 e. The highest BCUT2D eigenvalue weighted by Gasteiger charge is 2.48. The van der Waals surface area contributed by atoms with E-state index in [4.69, 9.17) is 4.42 Å². The summed E-state index contributed by atoms with van der Waals surface area (Å²) in [7, 11) is 0. The number of carbonyl (C=O) groups excluding carboxylic acids is 2. The Morgan fingerprint density at radius 1 is 1.06 bits per heavy atom. The predicted molar refractivity (Wildman–Crippen MR) is 131 cm³/mol. The van der Waals surface area contributed by atoms with Gasteiger partial charge in [-0.05, 0) is 56.5 Å². The molecule has 2 aromatic heterocycles. The number of aromatic nitrogens is 1. The topological polar surface area (TPSA) is 67.5 Å². The molecule has 34 heavy (non-hydrogen) atoms. The monoisotopic (exact) mass is 459 g/mol. The van der Waals surface area contributed by atoms with E-state index in [1.165, 1.54) is 12.8 Å². The van der Waals surface area contributed by atoms with Crippen LogP contribution in [0.2, 0.25) is 0 Å². The summed E-state index contributed by atoms with van der Waals surface area (Å²) in [5.41, 5.74) is 2.53. The van der Waals surface area contributed by atoms with Crippen molar-refractivity contribution in [3.05, 3.63) is 71.6 Å². The van der Waals surface area contributed by atoms with Gasteiger partial charge in [-0.3, -0.25) is 9.59 Å².